The van der Waals surface area contributed by atoms with Gasteiger partial charge < -0.3 is 5.32 Å². The van der Waals surface area contributed by atoms with Gasteiger partial charge in [-0.05, 0) is 31.4 Å². The second-order valence-corrected chi connectivity index (χ2v) is 4.13. The first-order valence-electron chi connectivity index (χ1n) is 5.44. The van der Waals surface area contributed by atoms with Crippen molar-refractivity contribution in [3.8, 4) is 0 Å². The lowest BCUT2D eigenvalue weighted by Crippen LogP contribution is -2.40. The van der Waals surface area contributed by atoms with Gasteiger partial charge in [0, 0.05) is 18.3 Å². The molecule has 0 spiro atoms. The Hall–Kier alpha value is -0.960. The predicted molar refractivity (Wildman–Crippen MR) is 60.0 cm³/mol. The first-order chi connectivity index (χ1) is 7.09. The van der Waals surface area contributed by atoms with E-state index >= 15 is 0 Å². The van der Waals surface area contributed by atoms with Gasteiger partial charge in [-0.15, -0.1) is 0 Å². The second kappa shape index (κ2) is 5.21. The van der Waals surface area contributed by atoms with E-state index in [1.54, 1.807) is 6.20 Å². The van der Waals surface area contributed by atoms with Crippen molar-refractivity contribution < 1.29 is 4.39 Å². The fraction of sp³-hybridized carbons (Fsp3) is 0.583. The fourth-order valence-electron chi connectivity index (χ4n) is 1.37. The standard InChI is InChI=1S/C12H19FN2/c1-4-12(3,5-2)15-8-10-6-11(13)9-14-7-10/h6-7,9,15H,4-5,8H2,1-3H3. The predicted octanol–water partition coefficient (Wildman–Crippen LogP) is 2.89. The maximum Gasteiger partial charge on any atom is 0.141 e. The lowest BCUT2D eigenvalue weighted by molar-refractivity contribution is 0.329. The Morgan fingerprint density at radius 1 is 1.33 bits per heavy atom. The van der Waals surface area contributed by atoms with Gasteiger partial charge in [-0.2, -0.15) is 0 Å². The highest BCUT2D eigenvalue weighted by Crippen LogP contribution is 2.14. The molecule has 0 saturated carbocycles. The molecule has 0 aliphatic rings. The van der Waals surface area contributed by atoms with Crippen LogP contribution < -0.4 is 5.32 Å². The van der Waals surface area contributed by atoms with Crippen molar-refractivity contribution in [2.75, 3.05) is 0 Å². The number of halogens is 1. The van der Waals surface area contributed by atoms with E-state index in [2.05, 4.69) is 31.1 Å². The van der Waals surface area contributed by atoms with Crippen LogP contribution in [-0.2, 0) is 6.54 Å². The maximum atomic E-state index is 12.9. The van der Waals surface area contributed by atoms with Crippen LogP contribution in [0.25, 0.3) is 0 Å². The summed E-state index contributed by atoms with van der Waals surface area (Å²) in [6, 6.07) is 1.52. The van der Waals surface area contributed by atoms with Crippen molar-refractivity contribution in [2.45, 2.75) is 45.7 Å². The molecule has 0 bridgehead atoms. The Labute approximate surface area is 90.9 Å². The number of rotatable bonds is 5. The van der Waals surface area contributed by atoms with E-state index < -0.39 is 0 Å². The van der Waals surface area contributed by atoms with Crippen molar-refractivity contribution in [1.29, 1.82) is 0 Å². The molecule has 0 atom stereocenters. The smallest absolute Gasteiger partial charge is 0.141 e. The van der Waals surface area contributed by atoms with E-state index in [1.165, 1.54) is 12.3 Å². The molecule has 0 aromatic carbocycles. The SMILES string of the molecule is CCC(C)(CC)NCc1cncc(F)c1. The van der Waals surface area contributed by atoms with Gasteiger partial charge in [0.05, 0.1) is 6.20 Å². The Kier molecular flexibility index (Phi) is 4.21. The summed E-state index contributed by atoms with van der Waals surface area (Å²) >= 11 is 0. The molecule has 0 aliphatic heterocycles. The summed E-state index contributed by atoms with van der Waals surface area (Å²) in [5.74, 6) is -0.274. The quantitative estimate of drug-likeness (QED) is 0.808. The van der Waals surface area contributed by atoms with Crippen LogP contribution in [-0.4, -0.2) is 10.5 Å². The van der Waals surface area contributed by atoms with Crippen LogP contribution in [0.1, 0.15) is 39.2 Å². The molecule has 0 amide bonds. The molecule has 84 valence electrons. The average molecular weight is 210 g/mol. The maximum absolute atomic E-state index is 12.9. The van der Waals surface area contributed by atoms with Gasteiger partial charge in [-0.1, -0.05) is 13.8 Å². The van der Waals surface area contributed by atoms with Gasteiger partial charge in [-0.3, -0.25) is 4.98 Å². The summed E-state index contributed by atoms with van der Waals surface area (Å²) in [5, 5.41) is 3.43. The molecular weight excluding hydrogens is 191 g/mol. The van der Waals surface area contributed by atoms with Crippen LogP contribution in [0.15, 0.2) is 18.5 Å². The van der Waals surface area contributed by atoms with E-state index in [1.807, 2.05) is 0 Å². The summed E-state index contributed by atoms with van der Waals surface area (Å²) in [5.41, 5.74) is 1.02. The van der Waals surface area contributed by atoms with Crippen LogP contribution in [0.2, 0.25) is 0 Å². The second-order valence-electron chi connectivity index (χ2n) is 4.13. The molecule has 2 nitrogen and oxygen atoms in total. The first kappa shape index (κ1) is 12.1. The Morgan fingerprint density at radius 3 is 2.53 bits per heavy atom. The highest BCUT2D eigenvalue weighted by atomic mass is 19.1. The summed E-state index contributed by atoms with van der Waals surface area (Å²) in [4.78, 5) is 3.82. The van der Waals surface area contributed by atoms with Crippen LogP contribution in [0.3, 0.4) is 0 Å². The number of nitrogens with zero attached hydrogens (tertiary/aromatic N) is 1. The van der Waals surface area contributed by atoms with E-state index in [-0.39, 0.29) is 11.4 Å². The molecule has 0 aliphatic carbocycles. The molecule has 0 saturated heterocycles. The summed E-state index contributed by atoms with van der Waals surface area (Å²) in [7, 11) is 0. The van der Waals surface area contributed by atoms with Gasteiger partial charge in [-0.25, -0.2) is 4.39 Å². The monoisotopic (exact) mass is 210 g/mol. The minimum absolute atomic E-state index is 0.131. The zero-order chi connectivity index (χ0) is 11.3. The van der Waals surface area contributed by atoms with E-state index in [9.17, 15) is 4.39 Å². The zero-order valence-electron chi connectivity index (χ0n) is 9.68. The van der Waals surface area contributed by atoms with E-state index in [0.29, 0.717) is 6.54 Å². The highest BCUT2D eigenvalue weighted by molar-refractivity contribution is 5.10. The van der Waals surface area contributed by atoms with Gasteiger partial charge in [0.15, 0.2) is 0 Å². The van der Waals surface area contributed by atoms with Gasteiger partial charge in [0.2, 0.25) is 0 Å². The van der Waals surface area contributed by atoms with Crippen molar-refractivity contribution in [3.05, 3.63) is 29.8 Å². The average Bonchev–Trinajstić information content (AvgIpc) is 2.26. The summed E-state index contributed by atoms with van der Waals surface area (Å²) in [6.07, 6.45) is 5.04. The van der Waals surface area contributed by atoms with E-state index in [0.717, 1.165) is 18.4 Å². The zero-order valence-corrected chi connectivity index (χ0v) is 9.68. The highest BCUT2D eigenvalue weighted by Gasteiger charge is 2.17. The van der Waals surface area contributed by atoms with E-state index in [4.69, 9.17) is 0 Å². The third-order valence-corrected chi connectivity index (χ3v) is 3.04. The molecule has 1 N–H and O–H groups in total. The number of nitrogens with one attached hydrogen (secondary N) is 1. The number of pyridine rings is 1. The molecule has 0 fully saturated rings. The minimum Gasteiger partial charge on any atom is -0.307 e. The molecule has 0 radical (unpaired) electrons. The Balaban J connectivity index is 2.56. The Morgan fingerprint density at radius 2 is 2.00 bits per heavy atom. The lowest BCUT2D eigenvalue weighted by atomic mass is 9.95. The number of hydrogen-bond donors (Lipinski definition) is 1. The molecule has 15 heavy (non-hydrogen) atoms. The van der Waals surface area contributed by atoms with Crippen molar-refractivity contribution in [3.63, 3.8) is 0 Å². The molecular formula is C12H19FN2. The first-order valence-corrected chi connectivity index (χ1v) is 5.44. The number of hydrogen-bond acceptors (Lipinski definition) is 2. The summed E-state index contributed by atoms with van der Waals surface area (Å²) in [6.45, 7) is 7.16. The minimum atomic E-state index is -0.274. The fourth-order valence-corrected chi connectivity index (χ4v) is 1.37. The molecule has 1 aromatic rings. The van der Waals surface area contributed by atoms with Crippen molar-refractivity contribution >= 4 is 0 Å². The van der Waals surface area contributed by atoms with Crippen LogP contribution in [0, 0.1) is 5.82 Å². The van der Waals surface area contributed by atoms with Gasteiger partial charge in [0.1, 0.15) is 5.82 Å². The van der Waals surface area contributed by atoms with Crippen molar-refractivity contribution in [1.82, 2.24) is 10.3 Å². The molecule has 1 aromatic heterocycles. The largest absolute Gasteiger partial charge is 0.307 e. The number of aromatic nitrogens is 1. The van der Waals surface area contributed by atoms with Crippen molar-refractivity contribution in [2.24, 2.45) is 0 Å². The topological polar surface area (TPSA) is 24.9 Å². The lowest BCUT2D eigenvalue weighted by Gasteiger charge is -2.28. The van der Waals surface area contributed by atoms with Crippen LogP contribution in [0.4, 0.5) is 4.39 Å². The van der Waals surface area contributed by atoms with Gasteiger partial charge >= 0.3 is 0 Å². The third-order valence-electron chi connectivity index (χ3n) is 3.04. The molecule has 1 rings (SSSR count). The summed E-state index contributed by atoms with van der Waals surface area (Å²) < 4.78 is 12.9. The van der Waals surface area contributed by atoms with Gasteiger partial charge in [0.25, 0.3) is 0 Å². The Bertz CT molecular complexity index is 308. The van der Waals surface area contributed by atoms with Crippen LogP contribution in [0.5, 0.6) is 0 Å². The molecule has 3 heteroatoms. The van der Waals surface area contributed by atoms with Crippen LogP contribution >= 0.6 is 0 Å². The molecule has 1 heterocycles. The molecule has 0 unspecified atom stereocenters. The third kappa shape index (κ3) is 3.59. The normalized spacial score (nSPS) is 11.7.